The van der Waals surface area contributed by atoms with Crippen molar-refractivity contribution in [3.8, 4) is 11.1 Å². The first-order valence-electron chi connectivity index (χ1n) is 10.7. The number of nitrogens with zero attached hydrogens (tertiary/aromatic N) is 5. The second-order valence-electron chi connectivity index (χ2n) is 8.20. The number of hydrogen-bond acceptors (Lipinski definition) is 6. The van der Waals surface area contributed by atoms with Gasteiger partial charge in [0.15, 0.2) is 5.69 Å². The highest BCUT2D eigenvalue weighted by Gasteiger charge is 2.34. The molecule has 9 nitrogen and oxygen atoms in total. The summed E-state index contributed by atoms with van der Waals surface area (Å²) in [6.45, 7) is 2.97. The number of alkyl halides is 5. The molecule has 0 aromatic carbocycles. The molecule has 15 heteroatoms. The number of aryl methyl sites for hydroxylation is 3. The molecule has 0 saturated carbocycles. The number of aromatic nitrogens is 5. The van der Waals surface area contributed by atoms with Gasteiger partial charge in [0.1, 0.15) is 15.4 Å². The molecule has 0 aliphatic rings. The molecule has 4 rings (SSSR count). The van der Waals surface area contributed by atoms with Crippen molar-refractivity contribution in [2.75, 3.05) is 5.32 Å². The van der Waals surface area contributed by atoms with Crippen molar-refractivity contribution in [3.05, 3.63) is 46.0 Å². The van der Waals surface area contributed by atoms with Gasteiger partial charge in [0.25, 0.3) is 12.3 Å². The van der Waals surface area contributed by atoms with Crippen LogP contribution in [0.3, 0.4) is 0 Å². The zero-order chi connectivity index (χ0) is 27.2. The van der Waals surface area contributed by atoms with E-state index in [4.69, 9.17) is 5.73 Å². The molecule has 0 fully saturated rings. The molecule has 196 valence electrons. The first-order valence-corrected chi connectivity index (χ1v) is 11.6. The smallest absolute Gasteiger partial charge is 0.365 e. The SMILES string of the molecule is Cc1c(-c2cc(C(F)F)nc3sc(C(N)=O)c(NC(=O)CCn4nc(C(F)(F)F)cc4C)c23)cnn1C. The fourth-order valence-electron chi connectivity index (χ4n) is 3.78. The average molecular weight is 542 g/mol. The number of halogens is 5. The van der Waals surface area contributed by atoms with E-state index in [9.17, 15) is 31.5 Å². The van der Waals surface area contributed by atoms with Crippen LogP contribution in [0.4, 0.5) is 27.6 Å². The summed E-state index contributed by atoms with van der Waals surface area (Å²) in [6, 6.07) is 2.03. The van der Waals surface area contributed by atoms with Gasteiger partial charge in [-0.2, -0.15) is 23.4 Å². The first kappa shape index (κ1) is 26.2. The van der Waals surface area contributed by atoms with Gasteiger partial charge < -0.3 is 11.1 Å². The number of nitrogens with two attached hydrogens (primary N) is 1. The zero-order valence-corrected chi connectivity index (χ0v) is 20.5. The third-order valence-corrected chi connectivity index (χ3v) is 6.84. The third-order valence-electron chi connectivity index (χ3n) is 5.74. The van der Waals surface area contributed by atoms with Crippen LogP contribution in [-0.2, 0) is 24.6 Å². The number of hydrogen-bond donors (Lipinski definition) is 2. The Morgan fingerprint density at radius 2 is 1.89 bits per heavy atom. The molecule has 3 N–H and O–H groups in total. The maximum Gasteiger partial charge on any atom is 0.435 e. The number of primary amides is 1. The Hall–Kier alpha value is -3.88. The fraction of sp³-hybridized carbons (Fsp3) is 0.318. The van der Waals surface area contributed by atoms with Gasteiger partial charge >= 0.3 is 6.18 Å². The van der Waals surface area contributed by atoms with Gasteiger partial charge in [0, 0.05) is 42.4 Å². The lowest BCUT2D eigenvalue weighted by Crippen LogP contribution is -2.19. The lowest BCUT2D eigenvalue weighted by Gasteiger charge is -2.11. The van der Waals surface area contributed by atoms with Gasteiger partial charge in [-0.1, -0.05) is 0 Å². The van der Waals surface area contributed by atoms with E-state index in [0.29, 0.717) is 11.3 Å². The minimum atomic E-state index is -4.63. The summed E-state index contributed by atoms with van der Waals surface area (Å²) < 4.78 is 68.6. The van der Waals surface area contributed by atoms with Crippen LogP contribution in [0.15, 0.2) is 18.3 Å². The normalized spacial score (nSPS) is 12.0. The van der Waals surface area contributed by atoms with Gasteiger partial charge in [-0.3, -0.25) is 19.0 Å². The van der Waals surface area contributed by atoms with Crippen LogP contribution in [0.1, 0.15) is 45.3 Å². The highest BCUT2D eigenvalue weighted by atomic mass is 32.1. The van der Waals surface area contributed by atoms with Gasteiger partial charge in [0.2, 0.25) is 5.91 Å². The van der Waals surface area contributed by atoms with Crippen molar-refractivity contribution in [3.63, 3.8) is 0 Å². The van der Waals surface area contributed by atoms with E-state index in [2.05, 4.69) is 20.5 Å². The molecular formula is C22H20F5N7O2S. The Morgan fingerprint density at radius 3 is 2.43 bits per heavy atom. The predicted octanol–water partition coefficient (Wildman–Crippen LogP) is 4.59. The number of rotatable bonds is 7. The second kappa shape index (κ2) is 9.53. The van der Waals surface area contributed by atoms with E-state index >= 15 is 0 Å². The Balaban J connectivity index is 1.74. The van der Waals surface area contributed by atoms with E-state index in [-0.39, 0.29) is 45.0 Å². The van der Waals surface area contributed by atoms with E-state index in [0.717, 1.165) is 28.2 Å². The molecule has 4 aromatic heterocycles. The predicted molar refractivity (Wildman–Crippen MR) is 125 cm³/mol. The number of thiophene rings is 1. The van der Waals surface area contributed by atoms with Crippen LogP contribution in [-0.4, -0.2) is 36.4 Å². The topological polar surface area (TPSA) is 121 Å². The molecule has 2 amide bonds. The van der Waals surface area contributed by atoms with Gasteiger partial charge in [0.05, 0.1) is 11.9 Å². The van der Waals surface area contributed by atoms with Crippen molar-refractivity contribution in [1.82, 2.24) is 24.5 Å². The molecule has 0 aliphatic carbocycles. The minimum Gasteiger partial charge on any atom is -0.365 e. The van der Waals surface area contributed by atoms with Crippen molar-refractivity contribution >= 4 is 39.1 Å². The summed E-state index contributed by atoms with van der Waals surface area (Å²) in [5.41, 5.74) is 5.46. The summed E-state index contributed by atoms with van der Waals surface area (Å²) >= 11 is 0.747. The number of fused-ring (bicyclic) bond motifs is 1. The number of nitrogens with one attached hydrogen (secondary N) is 1. The molecule has 4 heterocycles. The van der Waals surface area contributed by atoms with Crippen LogP contribution in [0.25, 0.3) is 21.3 Å². The molecule has 4 aromatic rings. The van der Waals surface area contributed by atoms with Crippen molar-refractivity contribution in [1.29, 1.82) is 0 Å². The summed E-state index contributed by atoms with van der Waals surface area (Å²) in [4.78, 5) is 28.9. The number of anilines is 1. The van der Waals surface area contributed by atoms with Gasteiger partial charge in [-0.05, 0) is 31.5 Å². The van der Waals surface area contributed by atoms with Crippen molar-refractivity contribution in [2.24, 2.45) is 12.8 Å². The monoisotopic (exact) mass is 541 g/mol. The Kier molecular flexibility index (Phi) is 6.75. The number of carbonyl (C=O) groups is 2. The lowest BCUT2D eigenvalue weighted by molar-refractivity contribution is -0.141. The average Bonchev–Trinajstić information content (AvgIpc) is 3.47. The van der Waals surface area contributed by atoms with Crippen LogP contribution in [0, 0.1) is 13.8 Å². The zero-order valence-electron chi connectivity index (χ0n) is 19.7. The maximum absolute atomic E-state index is 13.6. The largest absolute Gasteiger partial charge is 0.435 e. The second-order valence-corrected chi connectivity index (χ2v) is 9.20. The van der Waals surface area contributed by atoms with E-state index in [1.165, 1.54) is 17.8 Å². The van der Waals surface area contributed by atoms with Gasteiger partial charge in [-0.15, -0.1) is 11.3 Å². The Bertz CT molecular complexity index is 1520. The molecular weight excluding hydrogens is 521 g/mol. The number of pyridine rings is 1. The van der Waals surface area contributed by atoms with Crippen molar-refractivity contribution in [2.45, 2.75) is 39.4 Å². The highest BCUT2D eigenvalue weighted by Crippen LogP contribution is 2.43. The summed E-state index contributed by atoms with van der Waals surface area (Å²) in [5.74, 6) is -1.57. The summed E-state index contributed by atoms with van der Waals surface area (Å²) in [5, 5.41) is 10.4. The third kappa shape index (κ3) is 5.03. The molecule has 0 saturated heterocycles. The van der Waals surface area contributed by atoms with Gasteiger partial charge in [-0.25, -0.2) is 13.8 Å². The Morgan fingerprint density at radius 1 is 1.19 bits per heavy atom. The van der Waals surface area contributed by atoms with Crippen LogP contribution < -0.4 is 11.1 Å². The van der Waals surface area contributed by atoms with E-state index in [1.807, 2.05) is 0 Å². The molecule has 0 radical (unpaired) electrons. The maximum atomic E-state index is 13.6. The van der Waals surface area contributed by atoms with E-state index in [1.54, 1.807) is 14.0 Å². The van der Waals surface area contributed by atoms with Crippen LogP contribution in [0.2, 0.25) is 0 Å². The van der Waals surface area contributed by atoms with Crippen LogP contribution >= 0.6 is 11.3 Å². The Labute approximate surface area is 210 Å². The van der Waals surface area contributed by atoms with Crippen LogP contribution in [0.5, 0.6) is 0 Å². The molecule has 0 aliphatic heterocycles. The molecule has 0 unspecified atom stereocenters. The summed E-state index contributed by atoms with van der Waals surface area (Å²) in [6.07, 6.45) is -6.37. The molecule has 37 heavy (non-hydrogen) atoms. The molecule has 0 spiro atoms. The minimum absolute atomic E-state index is 0.0164. The quantitative estimate of drug-likeness (QED) is 0.332. The van der Waals surface area contributed by atoms with E-state index < -0.39 is 35.8 Å². The molecule has 0 bridgehead atoms. The summed E-state index contributed by atoms with van der Waals surface area (Å²) in [7, 11) is 1.66. The standard InChI is InChI=1S/C22H20F5N7O2S/c1-9-6-14(22(25,26)27)32-34(9)5-4-15(35)31-17-16-11(12-8-29-33(3)10(12)2)7-13(19(23)24)30-21(16)37-18(17)20(28)36/h6-8,19H,4-5H2,1-3H3,(H2,28,36)(H,31,35). The number of amides is 2. The molecule has 0 atom stereocenters. The fourth-order valence-corrected chi connectivity index (χ4v) is 4.80. The number of carbonyl (C=O) groups excluding carboxylic acids is 2. The highest BCUT2D eigenvalue weighted by molar-refractivity contribution is 7.21. The lowest BCUT2D eigenvalue weighted by atomic mass is 10.0. The first-order chi connectivity index (χ1) is 17.3. The van der Waals surface area contributed by atoms with Crippen molar-refractivity contribution < 1.29 is 31.5 Å².